The standard InChI is InChI=1S/C19H19N3O2/c1-12(2)20-18(23)15-6-4-5-7-16(15)19-21-17(22-24-19)14-10-8-13(3)9-11-14/h4-12H,1-3H3,(H,20,23). The summed E-state index contributed by atoms with van der Waals surface area (Å²) in [5, 5.41) is 6.92. The molecule has 3 rings (SSSR count). The van der Waals surface area contributed by atoms with Gasteiger partial charge in [-0.25, -0.2) is 0 Å². The average Bonchev–Trinajstić information content (AvgIpc) is 3.05. The Bertz CT molecular complexity index is 851. The molecule has 0 aliphatic heterocycles. The van der Waals surface area contributed by atoms with Gasteiger partial charge >= 0.3 is 0 Å². The molecule has 1 amide bonds. The maximum atomic E-state index is 12.4. The van der Waals surface area contributed by atoms with Gasteiger partial charge in [0.15, 0.2) is 0 Å². The van der Waals surface area contributed by atoms with Crippen molar-refractivity contribution >= 4 is 5.91 Å². The van der Waals surface area contributed by atoms with Crippen molar-refractivity contribution in [3.8, 4) is 22.8 Å². The third-order valence-electron chi connectivity index (χ3n) is 3.56. The summed E-state index contributed by atoms with van der Waals surface area (Å²) in [7, 11) is 0. The predicted octanol–water partition coefficient (Wildman–Crippen LogP) is 3.85. The molecule has 0 spiro atoms. The number of rotatable bonds is 4. The highest BCUT2D eigenvalue weighted by Crippen LogP contribution is 2.25. The number of hydrogen-bond acceptors (Lipinski definition) is 4. The van der Waals surface area contributed by atoms with Crippen LogP contribution in [0.4, 0.5) is 0 Å². The van der Waals surface area contributed by atoms with Crippen molar-refractivity contribution in [2.24, 2.45) is 0 Å². The van der Waals surface area contributed by atoms with Crippen LogP contribution >= 0.6 is 0 Å². The van der Waals surface area contributed by atoms with Gasteiger partial charge in [0.2, 0.25) is 5.82 Å². The number of aryl methyl sites for hydroxylation is 1. The zero-order chi connectivity index (χ0) is 17.1. The van der Waals surface area contributed by atoms with Gasteiger partial charge in [-0.2, -0.15) is 4.98 Å². The quantitative estimate of drug-likeness (QED) is 0.792. The van der Waals surface area contributed by atoms with Crippen LogP contribution in [0, 0.1) is 6.92 Å². The second kappa shape index (κ2) is 6.66. The van der Waals surface area contributed by atoms with E-state index >= 15 is 0 Å². The number of benzene rings is 2. The van der Waals surface area contributed by atoms with Crippen molar-refractivity contribution < 1.29 is 9.32 Å². The lowest BCUT2D eigenvalue weighted by Crippen LogP contribution is -2.30. The summed E-state index contributed by atoms with van der Waals surface area (Å²) < 4.78 is 5.39. The van der Waals surface area contributed by atoms with E-state index in [1.54, 1.807) is 6.07 Å². The van der Waals surface area contributed by atoms with Gasteiger partial charge in [-0.3, -0.25) is 4.79 Å². The maximum absolute atomic E-state index is 12.4. The van der Waals surface area contributed by atoms with Gasteiger partial charge < -0.3 is 9.84 Å². The molecule has 0 saturated carbocycles. The van der Waals surface area contributed by atoms with E-state index in [-0.39, 0.29) is 11.9 Å². The molecule has 5 heteroatoms. The number of carbonyl (C=O) groups is 1. The Labute approximate surface area is 140 Å². The van der Waals surface area contributed by atoms with E-state index in [1.807, 2.05) is 63.2 Å². The topological polar surface area (TPSA) is 68.0 Å². The lowest BCUT2D eigenvalue weighted by molar-refractivity contribution is 0.0943. The maximum Gasteiger partial charge on any atom is 0.259 e. The van der Waals surface area contributed by atoms with Gasteiger partial charge in [-0.05, 0) is 32.9 Å². The van der Waals surface area contributed by atoms with Gasteiger partial charge in [0.05, 0.1) is 11.1 Å². The largest absolute Gasteiger partial charge is 0.350 e. The van der Waals surface area contributed by atoms with E-state index in [1.165, 1.54) is 0 Å². The molecule has 1 aromatic heterocycles. The SMILES string of the molecule is Cc1ccc(-c2noc(-c3ccccc3C(=O)NC(C)C)n2)cc1. The zero-order valence-corrected chi connectivity index (χ0v) is 13.9. The molecule has 3 aromatic rings. The minimum Gasteiger partial charge on any atom is -0.350 e. The first-order valence-electron chi connectivity index (χ1n) is 7.85. The molecule has 1 heterocycles. The molecule has 122 valence electrons. The fourth-order valence-corrected chi connectivity index (χ4v) is 2.36. The van der Waals surface area contributed by atoms with E-state index in [4.69, 9.17) is 4.52 Å². The second-order valence-electron chi connectivity index (χ2n) is 5.96. The lowest BCUT2D eigenvalue weighted by Gasteiger charge is -2.10. The van der Waals surface area contributed by atoms with Crippen LogP contribution in [0.15, 0.2) is 53.1 Å². The highest BCUT2D eigenvalue weighted by atomic mass is 16.5. The van der Waals surface area contributed by atoms with Crippen molar-refractivity contribution in [1.82, 2.24) is 15.5 Å². The first-order valence-corrected chi connectivity index (χ1v) is 7.85. The molecule has 0 unspecified atom stereocenters. The fourth-order valence-electron chi connectivity index (χ4n) is 2.36. The van der Waals surface area contributed by atoms with Crippen molar-refractivity contribution in [3.63, 3.8) is 0 Å². The third-order valence-corrected chi connectivity index (χ3v) is 3.56. The van der Waals surface area contributed by atoms with Gasteiger partial charge in [0, 0.05) is 11.6 Å². The highest BCUT2D eigenvalue weighted by Gasteiger charge is 2.18. The molecule has 5 nitrogen and oxygen atoms in total. The Kier molecular flexibility index (Phi) is 4.42. The monoisotopic (exact) mass is 321 g/mol. The number of hydrogen-bond donors (Lipinski definition) is 1. The molecular weight excluding hydrogens is 302 g/mol. The summed E-state index contributed by atoms with van der Waals surface area (Å²) in [6, 6.07) is 15.2. The molecule has 0 bridgehead atoms. The van der Waals surface area contributed by atoms with Gasteiger partial charge in [-0.1, -0.05) is 47.1 Å². The predicted molar refractivity (Wildman–Crippen MR) is 92.5 cm³/mol. The van der Waals surface area contributed by atoms with E-state index in [0.29, 0.717) is 22.8 Å². The number of aromatic nitrogens is 2. The molecule has 0 aliphatic rings. The smallest absolute Gasteiger partial charge is 0.259 e. The van der Waals surface area contributed by atoms with Crippen molar-refractivity contribution in [2.45, 2.75) is 26.8 Å². The second-order valence-corrected chi connectivity index (χ2v) is 5.96. The summed E-state index contributed by atoms with van der Waals surface area (Å²) in [5.41, 5.74) is 3.18. The van der Waals surface area contributed by atoms with E-state index in [2.05, 4.69) is 15.5 Å². The number of carbonyl (C=O) groups excluding carboxylic acids is 1. The van der Waals surface area contributed by atoms with Crippen molar-refractivity contribution in [3.05, 3.63) is 59.7 Å². The summed E-state index contributed by atoms with van der Waals surface area (Å²) in [6.07, 6.45) is 0. The first kappa shape index (κ1) is 15.9. The Morgan fingerprint density at radius 2 is 1.79 bits per heavy atom. The number of amides is 1. The zero-order valence-electron chi connectivity index (χ0n) is 13.9. The van der Waals surface area contributed by atoms with Crippen LogP contribution in [0.2, 0.25) is 0 Å². The highest BCUT2D eigenvalue weighted by molar-refractivity contribution is 6.00. The molecule has 1 N–H and O–H groups in total. The summed E-state index contributed by atoms with van der Waals surface area (Å²) in [6.45, 7) is 5.86. The summed E-state index contributed by atoms with van der Waals surface area (Å²) in [5.74, 6) is 0.680. The molecule has 0 radical (unpaired) electrons. The van der Waals surface area contributed by atoms with E-state index in [9.17, 15) is 4.79 Å². The first-order chi connectivity index (χ1) is 11.5. The Morgan fingerprint density at radius 3 is 2.50 bits per heavy atom. The molecule has 0 saturated heterocycles. The van der Waals surface area contributed by atoms with Crippen LogP contribution in [0.1, 0.15) is 29.8 Å². The van der Waals surface area contributed by atoms with Crippen LogP contribution in [0.3, 0.4) is 0 Å². The Balaban J connectivity index is 1.96. The van der Waals surface area contributed by atoms with Crippen LogP contribution in [0.5, 0.6) is 0 Å². The van der Waals surface area contributed by atoms with Crippen LogP contribution in [0.25, 0.3) is 22.8 Å². The van der Waals surface area contributed by atoms with Gasteiger partial charge in [-0.15, -0.1) is 0 Å². The third kappa shape index (κ3) is 3.35. The van der Waals surface area contributed by atoms with E-state index in [0.717, 1.165) is 11.1 Å². The molecular formula is C19H19N3O2. The Hall–Kier alpha value is -2.95. The minimum atomic E-state index is -0.157. The van der Waals surface area contributed by atoms with E-state index < -0.39 is 0 Å². The summed E-state index contributed by atoms with van der Waals surface area (Å²) in [4.78, 5) is 16.8. The van der Waals surface area contributed by atoms with Crippen molar-refractivity contribution in [2.75, 3.05) is 0 Å². The molecule has 0 fully saturated rings. The van der Waals surface area contributed by atoms with Crippen LogP contribution < -0.4 is 5.32 Å². The molecule has 24 heavy (non-hydrogen) atoms. The average molecular weight is 321 g/mol. The number of nitrogens with zero attached hydrogens (tertiary/aromatic N) is 2. The number of nitrogens with one attached hydrogen (secondary N) is 1. The molecule has 0 aliphatic carbocycles. The van der Waals surface area contributed by atoms with Gasteiger partial charge in [0.25, 0.3) is 11.8 Å². The minimum absolute atomic E-state index is 0.0522. The summed E-state index contributed by atoms with van der Waals surface area (Å²) >= 11 is 0. The van der Waals surface area contributed by atoms with Gasteiger partial charge in [0.1, 0.15) is 0 Å². The van der Waals surface area contributed by atoms with Crippen LogP contribution in [-0.2, 0) is 0 Å². The van der Waals surface area contributed by atoms with Crippen LogP contribution in [-0.4, -0.2) is 22.1 Å². The Morgan fingerprint density at radius 1 is 1.08 bits per heavy atom. The molecule has 0 atom stereocenters. The normalized spacial score (nSPS) is 10.8. The molecule has 2 aromatic carbocycles. The van der Waals surface area contributed by atoms with Crippen molar-refractivity contribution in [1.29, 1.82) is 0 Å². The fraction of sp³-hybridized carbons (Fsp3) is 0.211. The lowest BCUT2D eigenvalue weighted by atomic mass is 10.1.